The number of carbonyl (C=O) groups is 2. The van der Waals surface area contributed by atoms with Crippen molar-refractivity contribution in [2.45, 2.75) is 33.8 Å². The number of nitrogens with one attached hydrogen (secondary N) is 2. The average Bonchev–Trinajstić information content (AvgIpc) is 2.62. The lowest BCUT2D eigenvalue weighted by Gasteiger charge is -2.36. The van der Waals surface area contributed by atoms with Crippen molar-refractivity contribution in [1.29, 1.82) is 0 Å². The van der Waals surface area contributed by atoms with Crippen molar-refractivity contribution >= 4 is 23.2 Å². The number of amides is 2. The van der Waals surface area contributed by atoms with Crippen LogP contribution in [-0.4, -0.2) is 73.6 Å². The zero-order valence-electron chi connectivity index (χ0n) is 17.5. The summed E-state index contributed by atoms with van der Waals surface area (Å²) in [5.41, 5.74) is 1.42. The van der Waals surface area contributed by atoms with Gasteiger partial charge in [0.25, 0.3) is 0 Å². The van der Waals surface area contributed by atoms with Gasteiger partial charge < -0.3 is 15.4 Å². The molecule has 0 bridgehead atoms. The van der Waals surface area contributed by atoms with Gasteiger partial charge in [-0.2, -0.15) is 0 Å². The molecule has 1 aliphatic heterocycles. The monoisotopic (exact) mass is 390 g/mol. The summed E-state index contributed by atoms with van der Waals surface area (Å²) < 4.78 is 5.92. The van der Waals surface area contributed by atoms with Gasteiger partial charge >= 0.3 is 0 Å². The summed E-state index contributed by atoms with van der Waals surface area (Å²) in [5.74, 6) is 0.472. The minimum atomic E-state index is -0.118. The van der Waals surface area contributed by atoms with Gasteiger partial charge in [-0.05, 0) is 36.7 Å². The van der Waals surface area contributed by atoms with Gasteiger partial charge in [0.1, 0.15) is 0 Å². The highest BCUT2D eigenvalue weighted by atomic mass is 16.5. The molecule has 1 aromatic rings. The molecule has 1 fully saturated rings. The minimum absolute atomic E-state index is 0.0519. The Morgan fingerprint density at radius 3 is 2.43 bits per heavy atom. The van der Waals surface area contributed by atoms with Crippen molar-refractivity contribution in [2.75, 3.05) is 56.5 Å². The van der Waals surface area contributed by atoms with Gasteiger partial charge in [-0.3, -0.25) is 19.4 Å². The van der Waals surface area contributed by atoms with Crippen molar-refractivity contribution in [2.24, 2.45) is 5.92 Å². The quantitative estimate of drug-likeness (QED) is 0.677. The zero-order chi connectivity index (χ0) is 20.5. The number of hydrogen-bond donors (Lipinski definition) is 2. The number of rotatable bonds is 9. The van der Waals surface area contributed by atoms with Crippen molar-refractivity contribution in [3.63, 3.8) is 0 Å². The zero-order valence-corrected chi connectivity index (χ0v) is 17.5. The third kappa shape index (κ3) is 7.96. The van der Waals surface area contributed by atoms with Crippen LogP contribution < -0.4 is 10.6 Å². The SMILES string of the molecule is CCN(CC(=O)Nc1ccc(NC(C)=O)cc1)C[C@H]1CN(CC(C)C)CCO1. The Bertz CT molecular complexity index is 633. The van der Waals surface area contributed by atoms with E-state index in [-0.39, 0.29) is 17.9 Å². The molecule has 1 aliphatic rings. The number of morpholine rings is 1. The number of carbonyl (C=O) groups excluding carboxylic acids is 2. The van der Waals surface area contributed by atoms with Crippen LogP contribution in [0.3, 0.4) is 0 Å². The van der Waals surface area contributed by atoms with Gasteiger partial charge in [-0.15, -0.1) is 0 Å². The maximum Gasteiger partial charge on any atom is 0.238 e. The molecule has 1 saturated heterocycles. The Morgan fingerprint density at radius 1 is 1.21 bits per heavy atom. The second kappa shape index (κ2) is 11.1. The van der Waals surface area contributed by atoms with E-state index in [0.717, 1.165) is 39.3 Å². The molecule has 2 N–H and O–H groups in total. The van der Waals surface area contributed by atoms with Gasteiger partial charge in [0.15, 0.2) is 0 Å². The summed E-state index contributed by atoms with van der Waals surface area (Å²) in [6, 6.07) is 7.11. The highest BCUT2D eigenvalue weighted by Crippen LogP contribution is 2.14. The Balaban J connectivity index is 1.81. The lowest BCUT2D eigenvalue weighted by Crippen LogP contribution is -2.49. The smallest absolute Gasteiger partial charge is 0.238 e. The molecule has 156 valence electrons. The summed E-state index contributed by atoms with van der Waals surface area (Å²) in [6.45, 7) is 13.6. The van der Waals surface area contributed by atoms with Crippen molar-refractivity contribution < 1.29 is 14.3 Å². The fourth-order valence-electron chi connectivity index (χ4n) is 3.41. The Labute approximate surface area is 168 Å². The second-order valence-electron chi connectivity index (χ2n) is 7.78. The predicted molar refractivity (Wildman–Crippen MR) is 113 cm³/mol. The molecule has 1 heterocycles. The first-order chi connectivity index (χ1) is 13.4. The van der Waals surface area contributed by atoms with Crippen LogP contribution in [0.2, 0.25) is 0 Å². The fraction of sp³-hybridized carbons (Fsp3) is 0.619. The molecule has 28 heavy (non-hydrogen) atoms. The van der Waals surface area contributed by atoms with Gasteiger partial charge in [0, 0.05) is 44.5 Å². The molecular formula is C21H34N4O3. The molecule has 0 saturated carbocycles. The molecule has 1 aromatic carbocycles. The first-order valence-corrected chi connectivity index (χ1v) is 10.1. The minimum Gasteiger partial charge on any atom is -0.374 e. The van der Waals surface area contributed by atoms with Gasteiger partial charge in [-0.1, -0.05) is 20.8 Å². The topological polar surface area (TPSA) is 73.9 Å². The van der Waals surface area contributed by atoms with Crippen LogP contribution in [0, 0.1) is 5.92 Å². The number of hydrogen-bond acceptors (Lipinski definition) is 5. The lowest BCUT2D eigenvalue weighted by molar-refractivity contribution is -0.118. The molecule has 0 unspecified atom stereocenters. The predicted octanol–water partition coefficient (Wildman–Crippen LogP) is 2.26. The molecule has 2 rings (SSSR count). The normalized spacial score (nSPS) is 17.7. The third-order valence-corrected chi connectivity index (χ3v) is 4.61. The van der Waals surface area contributed by atoms with Crippen LogP contribution in [0.1, 0.15) is 27.7 Å². The molecule has 0 radical (unpaired) electrons. The van der Waals surface area contributed by atoms with E-state index in [1.54, 1.807) is 24.3 Å². The van der Waals surface area contributed by atoms with E-state index >= 15 is 0 Å². The average molecular weight is 391 g/mol. The fourth-order valence-corrected chi connectivity index (χ4v) is 3.41. The Hall–Kier alpha value is -1.96. The Morgan fingerprint density at radius 2 is 1.86 bits per heavy atom. The molecule has 7 nitrogen and oxygen atoms in total. The highest BCUT2D eigenvalue weighted by Gasteiger charge is 2.23. The summed E-state index contributed by atoms with van der Waals surface area (Å²) in [5, 5.41) is 5.62. The van der Waals surface area contributed by atoms with E-state index in [1.165, 1.54) is 6.92 Å². The van der Waals surface area contributed by atoms with E-state index in [1.807, 2.05) is 0 Å². The molecule has 0 spiro atoms. The highest BCUT2D eigenvalue weighted by molar-refractivity contribution is 5.93. The van der Waals surface area contributed by atoms with E-state index in [9.17, 15) is 9.59 Å². The molecular weight excluding hydrogens is 356 g/mol. The van der Waals surface area contributed by atoms with E-state index < -0.39 is 0 Å². The van der Waals surface area contributed by atoms with Gasteiger partial charge in [-0.25, -0.2) is 0 Å². The number of likely N-dealkylation sites (N-methyl/N-ethyl adjacent to an activating group) is 1. The summed E-state index contributed by atoms with van der Waals surface area (Å²) in [6.07, 6.45) is 0.136. The molecule has 0 aliphatic carbocycles. The van der Waals surface area contributed by atoms with Crippen LogP contribution in [-0.2, 0) is 14.3 Å². The number of benzene rings is 1. The van der Waals surface area contributed by atoms with Crippen LogP contribution >= 0.6 is 0 Å². The van der Waals surface area contributed by atoms with Crippen LogP contribution in [0.4, 0.5) is 11.4 Å². The molecule has 0 aromatic heterocycles. The molecule has 2 amide bonds. The summed E-state index contributed by atoms with van der Waals surface area (Å²) in [4.78, 5) is 28.1. The number of ether oxygens (including phenoxy) is 1. The summed E-state index contributed by atoms with van der Waals surface area (Å²) in [7, 11) is 0. The number of anilines is 2. The van der Waals surface area contributed by atoms with Crippen LogP contribution in [0.5, 0.6) is 0 Å². The first-order valence-electron chi connectivity index (χ1n) is 10.1. The summed E-state index contributed by atoms with van der Waals surface area (Å²) >= 11 is 0. The van der Waals surface area contributed by atoms with Crippen LogP contribution in [0.25, 0.3) is 0 Å². The van der Waals surface area contributed by atoms with E-state index in [2.05, 4.69) is 41.2 Å². The lowest BCUT2D eigenvalue weighted by atomic mass is 10.1. The van der Waals surface area contributed by atoms with Crippen molar-refractivity contribution in [1.82, 2.24) is 9.80 Å². The molecule has 7 heteroatoms. The largest absolute Gasteiger partial charge is 0.374 e. The van der Waals surface area contributed by atoms with E-state index in [4.69, 9.17) is 4.74 Å². The van der Waals surface area contributed by atoms with Gasteiger partial charge in [0.05, 0.1) is 19.3 Å². The number of nitrogens with zero attached hydrogens (tertiary/aromatic N) is 2. The first kappa shape index (κ1) is 22.3. The Kier molecular flexibility index (Phi) is 8.89. The van der Waals surface area contributed by atoms with Crippen LogP contribution in [0.15, 0.2) is 24.3 Å². The molecule has 1 atom stereocenters. The van der Waals surface area contributed by atoms with E-state index in [0.29, 0.717) is 23.8 Å². The van der Waals surface area contributed by atoms with Gasteiger partial charge in [0.2, 0.25) is 11.8 Å². The maximum atomic E-state index is 12.4. The maximum absolute atomic E-state index is 12.4. The standard InChI is InChI=1S/C21H34N4O3/c1-5-24(13-20-14-25(10-11-28-20)12-16(2)3)15-21(27)23-19-8-6-18(7-9-19)22-17(4)26/h6-9,16,20H,5,10-15H2,1-4H3,(H,22,26)(H,23,27)/t20-/m0/s1. The van der Waals surface area contributed by atoms with Crippen molar-refractivity contribution in [3.05, 3.63) is 24.3 Å². The van der Waals surface area contributed by atoms with Crippen molar-refractivity contribution in [3.8, 4) is 0 Å². The second-order valence-corrected chi connectivity index (χ2v) is 7.78. The third-order valence-electron chi connectivity index (χ3n) is 4.61.